The molecule has 0 spiro atoms. The largest absolute Gasteiger partial charge is 0.466 e. The van der Waals surface area contributed by atoms with E-state index in [9.17, 15) is 14.4 Å². The first kappa shape index (κ1) is 21.2. The van der Waals surface area contributed by atoms with E-state index in [0.717, 1.165) is 25.7 Å². The van der Waals surface area contributed by atoms with Gasteiger partial charge in [-0.15, -0.1) is 10.2 Å². The van der Waals surface area contributed by atoms with E-state index in [0.29, 0.717) is 17.6 Å². The summed E-state index contributed by atoms with van der Waals surface area (Å²) in [4.78, 5) is 35.4. The highest BCUT2D eigenvalue weighted by Crippen LogP contribution is 2.34. The van der Waals surface area contributed by atoms with E-state index >= 15 is 0 Å². The van der Waals surface area contributed by atoms with Crippen molar-refractivity contribution in [3.05, 3.63) is 5.82 Å². The first-order chi connectivity index (χ1) is 13.0. The van der Waals surface area contributed by atoms with Crippen LogP contribution in [0.1, 0.15) is 57.8 Å². The van der Waals surface area contributed by atoms with Gasteiger partial charge in [0.15, 0.2) is 5.16 Å². The Morgan fingerprint density at radius 1 is 1.26 bits per heavy atom. The van der Waals surface area contributed by atoms with Crippen LogP contribution in [-0.2, 0) is 20.7 Å². The van der Waals surface area contributed by atoms with Gasteiger partial charge in [-0.2, -0.15) is 0 Å². The number of esters is 1. The molecule has 0 saturated heterocycles. The van der Waals surface area contributed by atoms with E-state index in [1.807, 2.05) is 4.57 Å². The number of thioether (sulfide) groups is 1. The van der Waals surface area contributed by atoms with E-state index < -0.39 is 17.2 Å². The molecule has 0 unspecified atom stereocenters. The van der Waals surface area contributed by atoms with Crippen LogP contribution in [0.2, 0.25) is 0 Å². The molecule has 1 aromatic rings. The molecule has 1 aromatic heterocycles. The summed E-state index contributed by atoms with van der Waals surface area (Å²) in [6.07, 6.45) is 5.44. The molecule has 1 fully saturated rings. The van der Waals surface area contributed by atoms with Gasteiger partial charge in [0.25, 0.3) is 0 Å². The lowest BCUT2D eigenvalue weighted by Crippen LogP contribution is -2.41. The van der Waals surface area contributed by atoms with E-state index in [1.54, 1.807) is 13.8 Å². The molecule has 9 nitrogen and oxygen atoms in total. The van der Waals surface area contributed by atoms with Crippen LogP contribution in [0.3, 0.4) is 0 Å². The molecular weight excluding hydrogens is 370 g/mol. The number of hydrogen-bond acceptors (Lipinski definition) is 7. The predicted octanol–water partition coefficient (Wildman–Crippen LogP) is 1.83. The van der Waals surface area contributed by atoms with Crippen molar-refractivity contribution >= 4 is 29.7 Å². The van der Waals surface area contributed by atoms with Crippen LogP contribution in [0.4, 0.5) is 4.79 Å². The zero-order valence-electron chi connectivity index (χ0n) is 16.0. The fraction of sp³-hybridized carbons (Fsp3) is 0.706. The molecule has 1 heterocycles. The third-order valence-corrected chi connectivity index (χ3v) is 5.45. The molecule has 0 bridgehead atoms. The second-order valence-electron chi connectivity index (χ2n) is 6.37. The summed E-state index contributed by atoms with van der Waals surface area (Å²) in [6, 6.07) is -0.348. The minimum absolute atomic E-state index is 0.0523. The third kappa shape index (κ3) is 5.95. The lowest BCUT2D eigenvalue weighted by molar-refractivity contribution is -0.142. The molecule has 1 aliphatic rings. The normalized spacial score (nSPS) is 15.8. The molecule has 3 amide bonds. The van der Waals surface area contributed by atoms with Crippen LogP contribution in [0, 0.1) is 0 Å². The minimum atomic E-state index is -0.552. The lowest BCUT2D eigenvalue weighted by Gasteiger charge is -2.26. The Morgan fingerprint density at radius 3 is 2.59 bits per heavy atom. The Bertz CT molecular complexity index is 672. The molecule has 2 rings (SSSR count). The van der Waals surface area contributed by atoms with Gasteiger partial charge in [0.2, 0.25) is 5.91 Å². The number of aromatic nitrogens is 3. The number of hydrogen-bond donors (Lipinski definition) is 2. The van der Waals surface area contributed by atoms with Gasteiger partial charge in [-0.25, -0.2) is 4.79 Å². The van der Waals surface area contributed by atoms with Gasteiger partial charge in [-0.05, 0) is 26.7 Å². The smallest absolute Gasteiger partial charge is 0.321 e. The number of nitrogens with one attached hydrogen (secondary N) is 2. The quantitative estimate of drug-likeness (QED) is 0.533. The van der Waals surface area contributed by atoms with Gasteiger partial charge in [-0.3, -0.25) is 14.9 Å². The molecule has 10 heteroatoms. The topological polar surface area (TPSA) is 115 Å². The summed E-state index contributed by atoms with van der Waals surface area (Å²) in [5.74, 6) is -0.199. The van der Waals surface area contributed by atoms with Gasteiger partial charge in [0.1, 0.15) is 12.2 Å². The second kappa shape index (κ2) is 10.3. The number of rotatable bonds is 7. The van der Waals surface area contributed by atoms with Gasteiger partial charge < -0.3 is 14.6 Å². The van der Waals surface area contributed by atoms with Crippen molar-refractivity contribution in [2.45, 2.75) is 68.8 Å². The Labute approximate surface area is 163 Å². The van der Waals surface area contributed by atoms with Crippen molar-refractivity contribution in [2.24, 2.45) is 0 Å². The Kier molecular flexibility index (Phi) is 8.08. The summed E-state index contributed by atoms with van der Waals surface area (Å²) in [6.45, 7) is 3.78. The van der Waals surface area contributed by atoms with Crippen LogP contribution in [0.25, 0.3) is 0 Å². The summed E-state index contributed by atoms with van der Waals surface area (Å²) < 4.78 is 7.01. The van der Waals surface area contributed by atoms with Crippen molar-refractivity contribution < 1.29 is 19.1 Å². The van der Waals surface area contributed by atoms with Crippen molar-refractivity contribution in [1.29, 1.82) is 0 Å². The number of imide groups is 1. The van der Waals surface area contributed by atoms with Crippen LogP contribution < -0.4 is 10.6 Å². The zero-order valence-corrected chi connectivity index (χ0v) is 16.8. The Morgan fingerprint density at radius 2 is 1.96 bits per heavy atom. The maximum absolute atomic E-state index is 12.1. The number of ether oxygens (including phenoxy) is 1. The van der Waals surface area contributed by atoms with E-state index in [1.165, 1.54) is 25.2 Å². The number of nitrogens with zero attached hydrogens (tertiary/aromatic N) is 3. The van der Waals surface area contributed by atoms with E-state index in [2.05, 4.69) is 20.8 Å². The average Bonchev–Trinajstić information content (AvgIpc) is 3.04. The first-order valence-corrected chi connectivity index (χ1v) is 10.1. The molecule has 0 radical (unpaired) electrons. The van der Waals surface area contributed by atoms with Crippen molar-refractivity contribution in [3.63, 3.8) is 0 Å². The molecule has 150 valence electrons. The minimum Gasteiger partial charge on any atom is -0.466 e. The van der Waals surface area contributed by atoms with Crippen molar-refractivity contribution in [3.8, 4) is 0 Å². The highest BCUT2D eigenvalue weighted by molar-refractivity contribution is 8.00. The summed E-state index contributed by atoms with van der Waals surface area (Å²) in [7, 11) is 1.45. The van der Waals surface area contributed by atoms with Gasteiger partial charge >= 0.3 is 12.0 Å². The summed E-state index contributed by atoms with van der Waals surface area (Å²) >= 11 is 1.23. The SMILES string of the molecule is CCOC(=O)Cc1nnc(S[C@H](C)C(=O)NC(=O)NC)n1C1CCCCC1. The van der Waals surface area contributed by atoms with Gasteiger partial charge in [-0.1, -0.05) is 31.0 Å². The standard InChI is InChI=1S/C17H27N5O4S/c1-4-26-14(23)10-13-20-21-17(22(13)12-8-6-5-7-9-12)27-11(2)15(24)19-16(25)18-3/h11-12H,4-10H2,1-3H3,(H2,18,19,24,25)/t11-/m1/s1. The molecule has 1 saturated carbocycles. The molecular formula is C17H27N5O4S. The molecule has 27 heavy (non-hydrogen) atoms. The summed E-state index contributed by atoms with van der Waals surface area (Å²) in [5, 5.41) is 13.1. The van der Waals surface area contributed by atoms with Crippen LogP contribution in [-0.4, -0.2) is 51.6 Å². The van der Waals surface area contributed by atoms with Crippen LogP contribution in [0.15, 0.2) is 5.16 Å². The first-order valence-electron chi connectivity index (χ1n) is 9.24. The lowest BCUT2D eigenvalue weighted by atomic mass is 9.95. The van der Waals surface area contributed by atoms with Crippen molar-refractivity contribution in [1.82, 2.24) is 25.4 Å². The monoisotopic (exact) mass is 397 g/mol. The van der Waals surface area contributed by atoms with E-state index in [-0.39, 0.29) is 18.4 Å². The summed E-state index contributed by atoms with van der Waals surface area (Å²) in [5.41, 5.74) is 0. The number of urea groups is 1. The fourth-order valence-corrected chi connectivity index (χ4v) is 3.98. The van der Waals surface area contributed by atoms with Crippen LogP contribution >= 0.6 is 11.8 Å². The molecule has 1 atom stereocenters. The van der Waals surface area contributed by atoms with Crippen molar-refractivity contribution in [2.75, 3.05) is 13.7 Å². The highest BCUT2D eigenvalue weighted by Gasteiger charge is 2.27. The number of carbonyl (C=O) groups excluding carboxylic acids is 3. The maximum atomic E-state index is 12.1. The third-order valence-electron chi connectivity index (χ3n) is 4.40. The average molecular weight is 398 g/mol. The highest BCUT2D eigenvalue weighted by atomic mass is 32.2. The fourth-order valence-electron chi connectivity index (χ4n) is 3.04. The van der Waals surface area contributed by atoms with E-state index in [4.69, 9.17) is 4.74 Å². The Balaban J connectivity index is 2.18. The molecule has 1 aliphatic carbocycles. The number of carbonyl (C=O) groups is 3. The zero-order chi connectivity index (χ0) is 19.8. The van der Waals surface area contributed by atoms with Gasteiger partial charge in [0, 0.05) is 13.1 Å². The van der Waals surface area contributed by atoms with Crippen LogP contribution in [0.5, 0.6) is 0 Å². The maximum Gasteiger partial charge on any atom is 0.321 e. The second-order valence-corrected chi connectivity index (χ2v) is 7.68. The molecule has 0 aromatic carbocycles. The molecule has 0 aliphatic heterocycles. The Hall–Kier alpha value is -2.10. The van der Waals surface area contributed by atoms with Gasteiger partial charge in [0.05, 0.1) is 11.9 Å². The molecule has 2 N–H and O–H groups in total. The number of amides is 3. The predicted molar refractivity (Wildman–Crippen MR) is 100 cm³/mol.